The third-order valence-electron chi connectivity index (χ3n) is 7.14. The van der Waals surface area contributed by atoms with Gasteiger partial charge in [-0.3, -0.25) is 38.7 Å². The topological polar surface area (TPSA) is 213 Å². The maximum atomic E-state index is 13.5. The number of hydrogen-bond acceptors (Lipinski definition) is 12. The van der Waals surface area contributed by atoms with Crippen molar-refractivity contribution in [2.45, 2.75) is 57.8 Å². The van der Waals surface area contributed by atoms with Crippen LogP contribution in [-0.2, 0) is 34.6 Å². The van der Waals surface area contributed by atoms with Crippen LogP contribution in [0, 0.1) is 16.0 Å². The van der Waals surface area contributed by atoms with Gasteiger partial charge in [-0.25, -0.2) is 19.2 Å². The van der Waals surface area contributed by atoms with E-state index >= 15 is 0 Å². The van der Waals surface area contributed by atoms with E-state index in [2.05, 4.69) is 20.9 Å². The number of nitro benzene ring substituents is 1. The van der Waals surface area contributed by atoms with Crippen LogP contribution in [0.5, 0.6) is 0 Å². The largest absolute Gasteiger partial charge is 0.529 e. The van der Waals surface area contributed by atoms with Crippen LogP contribution in [-0.4, -0.2) is 55.3 Å². The van der Waals surface area contributed by atoms with E-state index < -0.39 is 61.0 Å². The Morgan fingerprint density at radius 3 is 2.54 bits per heavy atom. The molecule has 3 N–H and O–H groups in total. The van der Waals surface area contributed by atoms with Gasteiger partial charge in [0.15, 0.2) is 6.04 Å². The molecule has 2 heterocycles. The summed E-state index contributed by atoms with van der Waals surface area (Å²) in [6.07, 6.45) is -0.905. The Bertz CT molecular complexity index is 1770. The molecule has 48 heavy (non-hydrogen) atoms. The molecule has 1 saturated heterocycles. The zero-order valence-corrected chi connectivity index (χ0v) is 28.3. The molecular formula is C30H34BrN4O12P. The summed E-state index contributed by atoms with van der Waals surface area (Å²) in [5, 5.41) is 23.0. The van der Waals surface area contributed by atoms with E-state index in [1.165, 1.54) is 46.6 Å². The number of benzene rings is 2. The minimum atomic E-state index is -5.12. The van der Waals surface area contributed by atoms with E-state index in [9.17, 15) is 39.1 Å². The molecule has 0 spiro atoms. The number of aromatic nitrogens is 2. The lowest BCUT2D eigenvalue weighted by molar-refractivity contribution is -0.384. The zero-order chi connectivity index (χ0) is 35.0. The number of aliphatic hydroxyl groups is 1. The molecule has 1 aromatic heterocycles. The highest BCUT2D eigenvalue weighted by Gasteiger charge is 2.40. The summed E-state index contributed by atoms with van der Waals surface area (Å²) >= 11 is 3.06. The SMILES string of the molecule is CC(C)C[C@@H](C(=O)OP(=O)(O)OC[C@H]1O[C@@H](n2cc(/C=C/Br)c(=O)[nH]c2=O)C[C@@H]1O)N(OCc1ccccc1)c1ccc([N+](=O)[O-])cc1. The third kappa shape index (κ3) is 9.79. The molecule has 0 amide bonds. The first kappa shape index (κ1) is 36.9. The van der Waals surface area contributed by atoms with Gasteiger partial charge in [-0.05, 0) is 41.1 Å². The van der Waals surface area contributed by atoms with E-state index in [0.717, 1.165) is 10.1 Å². The molecule has 4 rings (SSSR count). The number of aliphatic hydroxyl groups excluding tert-OH is 1. The van der Waals surface area contributed by atoms with E-state index in [4.69, 9.17) is 18.6 Å². The van der Waals surface area contributed by atoms with Crippen molar-refractivity contribution >= 4 is 47.2 Å². The average Bonchev–Trinajstić information content (AvgIpc) is 3.41. The van der Waals surface area contributed by atoms with Crippen LogP contribution in [0.3, 0.4) is 0 Å². The fourth-order valence-corrected chi connectivity index (χ4v) is 5.85. The fourth-order valence-electron chi connectivity index (χ4n) is 4.82. The minimum Gasteiger partial charge on any atom is -0.390 e. The number of nitro groups is 1. The zero-order valence-electron chi connectivity index (χ0n) is 25.8. The lowest BCUT2D eigenvalue weighted by Gasteiger charge is -2.32. The number of nitrogens with one attached hydrogen (secondary N) is 1. The molecular weight excluding hydrogens is 719 g/mol. The maximum absolute atomic E-state index is 13.5. The minimum absolute atomic E-state index is 0.0165. The Labute approximate surface area is 282 Å². The number of halogens is 1. The van der Waals surface area contributed by atoms with Crippen LogP contribution in [0.15, 0.2) is 75.4 Å². The van der Waals surface area contributed by atoms with Crippen molar-refractivity contribution in [2.24, 2.45) is 5.92 Å². The van der Waals surface area contributed by atoms with Crippen LogP contribution >= 0.6 is 23.8 Å². The second-order valence-electron chi connectivity index (χ2n) is 11.2. The molecule has 0 radical (unpaired) electrons. The number of carbonyl (C=O) groups is 1. The summed E-state index contributed by atoms with van der Waals surface area (Å²) < 4.78 is 29.8. The quantitative estimate of drug-likeness (QED) is 0.113. The Balaban J connectivity index is 1.49. The average molecular weight is 753 g/mol. The Hall–Kier alpha value is -3.96. The van der Waals surface area contributed by atoms with Gasteiger partial charge in [0, 0.05) is 24.8 Å². The van der Waals surface area contributed by atoms with Crippen LogP contribution in [0.4, 0.5) is 11.4 Å². The highest BCUT2D eigenvalue weighted by atomic mass is 79.9. The van der Waals surface area contributed by atoms with Crippen LogP contribution < -0.4 is 16.3 Å². The van der Waals surface area contributed by atoms with Gasteiger partial charge in [-0.15, -0.1) is 0 Å². The molecule has 0 bridgehead atoms. The molecule has 2 aromatic carbocycles. The van der Waals surface area contributed by atoms with Gasteiger partial charge in [-0.2, -0.15) is 0 Å². The van der Waals surface area contributed by atoms with Crippen molar-refractivity contribution in [3.8, 4) is 0 Å². The molecule has 0 saturated carbocycles. The van der Waals surface area contributed by atoms with Crippen molar-refractivity contribution in [3.63, 3.8) is 0 Å². The number of carbonyl (C=O) groups excluding carboxylic acids is 1. The number of H-pyrrole nitrogens is 1. The molecule has 0 aliphatic carbocycles. The Morgan fingerprint density at radius 2 is 1.92 bits per heavy atom. The Kier molecular flexibility index (Phi) is 12.6. The molecule has 1 fully saturated rings. The van der Waals surface area contributed by atoms with Gasteiger partial charge in [0.2, 0.25) is 0 Å². The Morgan fingerprint density at radius 1 is 1.23 bits per heavy atom. The first-order valence-corrected chi connectivity index (χ1v) is 17.1. The summed E-state index contributed by atoms with van der Waals surface area (Å²) in [5.41, 5.74) is -0.516. The normalized spacial score (nSPS) is 19.7. The molecule has 1 aliphatic rings. The monoisotopic (exact) mass is 752 g/mol. The predicted molar refractivity (Wildman–Crippen MR) is 176 cm³/mol. The van der Waals surface area contributed by atoms with Crippen molar-refractivity contribution in [2.75, 3.05) is 11.7 Å². The fraction of sp³-hybridized carbons (Fsp3) is 0.367. The second-order valence-corrected chi connectivity index (χ2v) is 13.1. The van der Waals surface area contributed by atoms with Gasteiger partial charge in [0.05, 0.1) is 35.5 Å². The van der Waals surface area contributed by atoms with Crippen molar-refractivity contribution in [3.05, 3.63) is 108 Å². The summed E-state index contributed by atoms with van der Waals surface area (Å²) in [7, 11) is -5.12. The summed E-state index contributed by atoms with van der Waals surface area (Å²) in [6, 6.07) is 12.9. The van der Waals surface area contributed by atoms with E-state index in [0.29, 0.717) is 0 Å². The van der Waals surface area contributed by atoms with Crippen LogP contribution in [0.25, 0.3) is 6.08 Å². The molecule has 1 unspecified atom stereocenters. The number of phosphoric acid groups is 1. The van der Waals surface area contributed by atoms with E-state index in [1.54, 1.807) is 24.3 Å². The molecule has 16 nitrogen and oxygen atoms in total. The second kappa shape index (κ2) is 16.4. The van der Waals surface area contributed by atoms with E-state index in [1.807, 2.05) is 19.9 Å². The van der Waals surface area contributed by atoms with Gasteiger partial charge >= 0.3 is 19.5 Å². The van der Waals surface area contributed by atoms with Gasteiger partial charge in [-0.1, -0.05) is 60.1 Å². The number of nitrogens with zero attached hydrogens (tertiary/aromatic N) is 3. The van der Waals surface area contributed by atoms with Crippen LogP contribution in [0.1, 0.15) is 44.0 Å². The lowest BCUT2D eigenvalue weighted by Crippen LogP contribution is -2.43. The molecule has 3 aromatic rings. The molecule has 18 heteroatoms. The van der Waals surface area contributed by atoms with Crippen molar-refractivity contribution in [1.29, 1.82) is 0 Å². The standard InChI is InChI=1S/C30H34BrN4O12P/c1-19(2)14-24(34(44-17-20-6-4-3-5-7-20)22-8-10-23(11-9-22)35(40)41)29(38)47-48(42,43)45-18-26-25(36)15-27(46-26)33-16-21(12-13-31)28(37)32-30(33)39/h3-13,16,19,24-27,36H,14-15,17-18H2,1-2H3,(H,42,43)(H,32,37,39)/b13-12+/t24-,25-,26+,27+/m0/s1. The number of ether oxygens (including phenoxy) is 1. The van der Waals surface area contributed by atoms with Gasteiger partial charge in [0.1, 0.15) is 12.3 Å². The number of aromatic amines is 1. The number of non-ortho nitro benzene ring substituents is 1. The first-order chi connectivity index (χ1) is 22.8. The lowest BCUT2D eigenvalue weighted by atomic mass is 10.0. The molecule has 258 valence electrons. The molecule has 1 aliphatic heterocycles. The highest BCUT2D eigenvalue weighted by Crippen LogP contribution is 2.45. The van der Waals surface area contributed by atoms with Crippen molar-refractivity contribution in [1.82, 2.24) is 9.55 Å². The summed E-state index contributed by atoms with van der Waals surface area (Å²) in [4.78, 5) is 68.7. The van der Waals surface area contributed by atoms with E-state index in [-0.39, 0.29) is 42.3 Å². The van der Waals surface area contributed by atoms with Crippen molar-refractivity contribution < 1.29 is 42.9 Å². The van der Waals surface area contributed by atoms with Gasteiger partial charge in [0.25, 0.3) is 11.2 Å². The number of hydrogen-bond donors (Lipinski definition) is 3. The highest BCUT2D eigenvalue weighted by molar-refractivity contribution is 9.11. The number of hydroxylamine groups is 1. The number of phosphoric ester groups is 1. The molecule has 5 atom stereocenters. The summed E-state index contributed by atoms with van der Waals surface area (Å²) in [6.45, 7) is 2.90. The predicted octanol–water partition coefficient (Wildman–Crippen LogP) is 4.17. The van der Waals surface area contributed by atoms with Gasteiger partial charge < -0.3 is 14.4 Å². The maximum Gasteiger partial charge on any atom is 0.529 e. The third-order valence-corrected chi connectivity index (χ3v) is 8.29. The first-order valence-electron chi connectivity index (χ1n) is 14.6. The summed E-state index contributed by atoms with van der Waals surface area (Å²) in [5.74, 6) is -1.33. The smallest absolute Gasteiger partial charge is 0.390 e. The number of anilines is 1. The van der Waals surface area contributed by atoms with Crippen LogP contribution in [0.2, 0.25) is 0 Å². The number of rotatable bonds is 15.